The van der Waals surface area contributed by atoms with E-state index in [2.05, 4.69) is 12.2 Å². The van der Waals surface area contributed by atoms with Crippen LogP contribution in [0.4, 0.5) is 0 Å². The molecule has 1 saturated carbocycles. The molecular formula is C19H19O2P. The number of hydrogen-bond donors (Lipinski definition) is 0. The molecule has 4 rings (SSSR count). The molecule has 3 heteroatoms. The van der Waals surface area contributed by atoms with Gasteiger partial charge in [0, 0.05) is 0 Å². The monoisotopic (exact) mass is 310 g/mol. The summed E-state index contributed by atoms with van der Waals surface area (Å²) in [7, 11) is -0.980. The lowest BCUT2D eigenvalue weighted by molar-refractivity contribution is 0.460. The highest BCUT2D eigenvalue weighted by molar-refractivity contribution is 7.49. The molecule has 3 atom stereocenters. The highest BCUT2D eigenvalue weighted by Crippen LogP contribution is 2.57. The highest BCUT2D eigenvalue weighted by atomic mass is 31.2. The summed E-state index contributed by atoms with van der Waals surface area (Å²) < 4.78 is 12.5. The summed E-state index contributed by atoms with van der Waals surface area (Å²) in [6.45, 7) is 0. The molecule has 112 valence electrons. The van der Waals surface area contributed by atoms with Crippen LogP contribution in [0.1, 0.15) is 12.8 Å². The lowest BCUT2D eigenvalue weighted by atomic mass is 10.1. The summed E-state index contributed by atoms with van der Waals surface area (Å²) in [5, 5.41) is 0. The van der Waals surface area contributed by atoms with Crippen LogP contribution in [-0.4, -0.2) is 5.66 Å². The van der Waals surface area contributed by atoms with E-state index in [4.69, 9.17) is 9.05 Å². The van der Waals surface area contributed by atoms with Crippen LogP contribution in [0.3, 0.4) is 0 Å². The molecule has 2 aliphatic carbocycles. The van der Waals surface area contributed by atoms with Crippen LogP contribution >= 0.6 is 8.38 Å². The van der Waals surface area contributed by atoms with Gasteiger partial charge in [-0.2, -0.15) is 0 Å². The Hall–Kier alpha value is -1.79. The molecule has 0 N–H and O–H groups in total. The van der Waals surface area contributed by atoms with Gasteiger partial charge in [0.2, 0.25) is 0 Å². The van der Waals surface area contributed by atoms with Crippen molar-refractivity contribution in [1.29, 1.82) is 0 Å². The van der Waals surface area contributed by atoms with E-state index in [1.54, 1.807) is 0 Å². The Morgan fingerprint density at radius 3 is 1.77 bits per heavy atom. The average Bonchev–Trinajstić information content (AvgIpc) is 3.19. The average molecular weight is 310 g/mol. The number of hydrogen-bond acceptors (Lipinski definition) is 2. The van der Waals surface area contributed by atoms with Crippen LogP contribution in [-0.2, 0) is 0 Å². The number of para-hydroxylation sites is 2. The van der Waals surface area contributed by atoms with Crippen LogP contribution in [0, 0.1) is 11.8 Å². The van der Waals surface area contributed by atoms with Crippen molar-refractivity contribution in [2.45, 2.75) is 18.5 Å². The predicted molar refractivity (Wildman–Crippen MR) is 90.2 cm³/mol. The molecule has 0 aliphatic heterocycles. The van der Waals surface area contributed by atoms with Gasteiger partial charge < -0.3 is 9.05 Å². The molecule has 2 aromatic rings. The van der Waals surface area contributed by atoms with Gasteiger partial charge >= 0.3 is 0 Å². The van der Waals surface area contributed by atoms with Gasteiger partial charge in [-0.3, -0.25) is 0 Å². The van der Waals surface area contributed by atoms with E-state index >= 15 is 0 Å². The maximum absolute atomic E-state index is 6.26. The standard InChI is InChI=1S/C19H19O2P/c1-3-7-17(8-4-1)20-22(21-18-9-5-2-6-10-18)19-14-15-11-12-16(19)13-15/h1-12,15-16,19H,13-14H2. The summed E-state index contributed by atoms with van der Waals surface area (Å²) >= 11 is 0. The number of fused-ring (bicyclic) bond motifs is 2. The Balaban J connectivity index is 1.56. The smallest absolute Gasteiger partial charge is 0.294 e. The third kappa shape index (κ3) is 2.89. The molecule has 0 saturated heterocycles. The van der Waals surface area contributed by atoms with Gasteiger partial charge in [-0.25, -0.2) is 0 Å². The van der Waals surface area contributed by atoms with Crippen molar-refractivity contribution in [1.82, 2.24) is 0 Å². The molecule has 0 radical (unpaired) electrons. The zero-order chi connectivity index (χ0) is 14.8. The third-order valence-corrected chi connectivity index (χ3v) is 6.31. The van der Waals surface area contributed by atoms with Crippen LogP contribution in [0.5, 0.6) is 11.5 Å². The van der Waals surface area contributed by atoms with Crippen molar-refractivity contribution >= 4 is 8.38 Å². The quantitative estimate of drug-likeness (QED) is 0.542. The van der Waals surface area contributed by atoms with Crippen molar-refractivity contribution in [2.24, 2.45) is 11.8 Å². The fraction of sp³-hybridized carbons (Fsp3) is 0.263. The fourth-order valence-corrected chi connectivity index (χ4v) is 5.26. The van der Waals surface area contributed by atoms with Gasteiger partial charge in [-0.15, -0.1) is 0 Å². The first-order valence-corrected chi connectivity index (χ1v) is 9.07. The zero-order valence-corrected chi connectivity index (χ0v) is 13.2. The third-order valence-electron chi connectivity index (χ3n) is 4.39. The van der Waals surface area contributed by atoms with Gasteiger partial charge in [0.1, 0.15) is 11.5 Å². The molecule has 0 heterocycles. The van der Waals surface area contributed by atoms with Crippen molar-refractivity contribution in [3.05, 3.63) is 72.8 Å². The Morgan fingerprint density at radius 1 is 0.727 bits per heavy atom. The Bertz CT molecular complexity index is 599. The molecule has 0 amide bonds. The molecule has 0 spiro atoms. The Morgan fingerprint density at radius 2 is 1.32 bits per heavy atom. The maximum atomic E-state index is 6.26. The first-order chi connectivity index (χ1) is 10.9. The summed E-state index contributed by atoms with van der Waals surface area (Å²) in [4.78, 5) is 0. The summed E-state index contributed by atoms with van der Waals surface area (Å²) in [5.41, 5.74) is 0.491. The van der Waals surface area contributed by atoms with Crippen LogP contribution in [0.2, 0.25) is 0 Å². The van der Waals surface area contributed by atoms with E-state index in [1.165, 1.54) is 12.8 Å². The van der Waals surface area contributed by atoms with Gasteiger partial charge in [0.25, 0.3) is 8.38 Å². The minimum Gasteiger partial charge on any atom is -0.438 e. The van der Waals surface area contributed by atoms with Crippen LogP contribution < -0.4 is 9.05 Å². The largest absolute Gasteiger partial charge is 0.438 e. The lowest BCUT2D eigenvalue weighted by Crippen LogP contribution is -2.17. The lowest BCUT2D eigenvalue weighted by Gasteiger charge is -2.27. The Labute approximate surface area is 132 Å². The Kier molecular flexibility index (Phi) is 3.86. The van der Waals surface area contributed by atoms with Gasteiger partial charge in [0.05, 0.1) is 5.66 Å². The number of rotatable bonds is 5. The van der Waals surface area contributed by atoms with Gasteiger partial charge in [-0.1, -0.05) is 48.6 Å². The van der Waals surface area contributed by atoms with Gasteiger partial charge in [-0.05, 0) is 48.9 Å². The summed E-state index contributed by atoms with van der Waals surface area (Å²) in [5.74, 6) is 3.13. The zero-order valence-electron chi connectivity index (χ0n) is 12.3. The van der Waals surface area contributed by atoms with Crippen molar-refractivity contribution in [3.63, 3.8) is 0 Å². The SMILES string of the molecule is C1=CC2CC1CC2P(Oc1ccccc1)Oc1ccccc1. The minimum atomic E-state index is -0.980. The molecule has 0 aromatic heterocycles. The minimum absolute atomic E-state index is 0.491. The van der Waals surface area contributed by atoms with E-state index in [-0.39, 0.29) is 0 Å². The predicted octanol–water partition coefficient (Wildman–Crippen LogP) is 5.42. The second-order valence-electron chi connectivity index (χ2n) is 5.94. The van der Waals surface area contributed by atoms with E-state index in [0.29, 0.717) is 11.6 Å². The second-order valence-corrected chi connectivity index (χ2v) is 7.54. The first kappa shape index (κ1) is 13.8. The molecule has 2 aliphatic rings. The number of allylic oxidation sites excluding steroid dienone is 2. The molecule has 2 bridgehead atoms. The van der Waals surface area contributed by atoms with E-state index in [1.807, 2.05) is 60.7 Å². The summed E-state index contributed by atoms with van der Waals surface area (Å²) in [6, 6.07) is 20.1. The molecule has 3 unspecified atom stereocenters. The first-order valence-electron chi connectivity index (χ1n) is 7.82. The molecule has 22 heavy (non-hydrogen) atoms. The van der Waals surface area contributed by atoms with Crippen molar-refractivity contribution < 1.29 is 9.05 Å². The topological polar surface area (TPSA) is 18.5 Å². The van der Waals surface area contributed by atoms with Crippen molar-refractivity contribution in [3.8, 4) is 11.5 Å². The van der Waals surface area contributed by atoms with E-state index in [9.17, 15) is 0 Å². The fourth-order valence-electron chi connectivity index (χ4n) is 3.32. The molecule has 2 nitrogen and oxygen atoms in total. The highest BCUT2D eigenvalue weighted by Gasteiger charge is 2.43. The van der Waals surface area contributed by atoms with E-state index in [0.717, 1.165) is 17.4 Å². The number of benzene rings is 2. The summed E-state index contributed by atoms with van der Waals surface area (Å²) in [6.07, 6.45) is 7.17. The van der Waals surface area contributed by atoms with Gasteiger partial charge in [0.15, 0.2) is 0 Å². The van der Waals surface area contributed by atoms with Crippen LogP contribution in [0.25, 0.3) is 0 Å². The van der Waals surface area contributed by atoms with Crippen LogP contribution in [0.15, 0.2) is 72.8 Å². The molecular weight excluding hydrogens is 291 g/mol. The molecule has 1 fully saturated rings. The van der Waals surface area contributed by atoms with Crippen molar-refractivity contribution in [2.75, 3.05) is 0 Å². The normalized spacial score (nSPS) is 25.6. The van der Waals surface area contributed by atoms with E-state index < -0.39 is 8.38 Å². The second kappa shape index (κ2) is 6.14. The molecule has 2 aromatic carbocycles. The maximum Gasteiger partial charge on any atom is 0.294 e.